The van der Waals surface area contributed by atoms with Gasteiger partial charge in [-0.1, -0.05) is 35.9 Å². The molecule has 5 rings (SSSR count). The molecular formula is C32H34ClF4N5O4S. The number of rotatable bonds is 11. The van der Waals surface area contributed by atoms with Crippen LogP contribution < -0.4 is 15.4 Å². The van der Waals surface area contributed by atoms with E-state index >= 15 is 0 Å². The maximum absolute atomic E-state index is 13.2. The van der Waals surface area contributed by atoms with E-state index in [-0.39, 0.29) is 10.7 Å². The number of nitrogens with zero attached hydrogens (tertiary/aromatic N) is 2. The second-order valence-electron chi connectivity index (χ2n) is 11.1. The van der Waals surface area contributed by atoms with Gasteiger partial charge in [0.05, 0.1) is 10.4 Å². The van der Waals surface area contributed by atoms with Gasteiger partial charge in [0.25, 0.3) is 0 Å². The van der Waals surface area contributed by atoms with Crippen LogP contribution in [-0.4, -0.2) is 55.3 Å². The van der Waals surface area contributed by atoms with Gasteiger partial charge in [0.1, 0.15) is 11.6 Å². The third-order valence-corrected chi connectivity index (χ3v) is 9.36. The standard InChI is InChI=1S/C30H33ClFN5O2S.C2HF3O2/c31-24-11-15-26(16-12-24)40(38,39)35-20-23-7-5-22(6-8-23)19-34-30-36-28-4-2-1-3-27(28)29(37-30)33-18-17-21-9-13-25(32)14-10-21;3-2(4,5)1(6)7/h1-4,9-16,22-23,35H,5-8,17-20H2,(H2,33,34,36,37);(H,6,7). The second-order valence-corrected chi connectivity index (χ2v) is 13.3. The molecule has 1 aliphatic rings. The summed E-state index contributed by atoms with van der Waals surface area (Å²) in [6.45, 7) is 1.86. The monoisotopic (exact) mass is 695 g/mol. The third kappa shape index (κ3) is 11.0. The zero-order valence-corrected chi connectivity index (χ0v) is 26.7. The lowest BCUT2D eigenvalue weighted by Crippen LogP contribution is -2.32. The highest BCUT2D eigenvalue weighted by Crippen LogP contribution is 2.29. The number of aromatic nitrogens is 2. The number of aliphatic carboxylic acids is 1. The Morgan fingerprint density at radius 2 is 1.47 bits per heavy atom. The zero-order valence-electron chi connectivity index (χ0n) is 25.1. The highest BCUT2D eigenvalue weighted by atomic mass is 35.5. The Bertz CT molecular complexity index is 1740. The average Bonchev–Trinajstić information content (AvgIpc) is 3.04. The van der Waals surface area contributed by atoms with Crippen LogP contribution in [0.2, 0.25) is 5.02 Å². The zero-order chi connectivity index (χ0) is 34.0. The quantitative estimate of drug-likeness (QED) is 0.125. The second kappa shape index (κ2) is 16.2. The molecule has 15 heteroatoms. The van der Waals surface area contributed by atoms with Crippen molar-refractivity contribution in [3.63, 3.8) is 0 Å². The summed E-state index contributed by atoms with van der Waals surface area (Å²) in [4.78, 5) is 18.6. The number of carbonyl (C=O) groups is 1. The van der Waals surface area contributed by atoms with Gasteiger partial charge in [-0.3, -0.25) is 0 Å². The average molecular weight is 696 g/mol. The lowest BCUT2D eigenvalue weighted by atomic mass is 9.82. The number of hydrogen-bond acceptors (Lipinski definition) is 7. The smallest absolute Gasteiger partial charge is 0.475 e. The molecular weight excluding hydrogens is 662 g/mol. The van der Waals surface area contributed by atoms with Crippen molar-refractivity contribution in [2.45, 2.75) is 43.2 Å². The first-order chi connectivity index (χ1) is 22.3. The van der Waals surface area contributed by atoms with Crippen molar-refractivity contribution in [3.8, 4) is 0 Å². The Labute approximate surface area is 274 Å². The number of anilines is 2. The van der Waals surface area contributed by atoms with Gasteiger partial charge in [0.2, 0.25) is 16.0 Å². The van der Waals surface area contributed by atoms with Crippen LogP contribution in [0.5, 0.6) is 0 Å². The molecule has 0 saturated heterocycles. The number of carboxylic acid groups (broad SMARTS) is 1. The first kappa shape index (κ1) is 35.8. The Balaban J connectivity index is 0.000000644. The molecule has 1 aliphatic carbocycles. The molecule has 0 atom stereocenters. The number of sulfonamides is 1. The minimum absolute atomic E-state index is 0.231. The van der Waals surface area contributed by atoms with Crippen molar-refractivity contribution in [2.75, 3.05) is 30.3 Å². The fraction of sp³-hybridized carbons (Fsp3) is 0.344. The summed E-state index contributed by atoms with van der Waals surface area (Å²) in [5.41, 5.74) is 1.92. The molecule has 1 heterocycles. The minimum atomic E-state index is -5.08. The topological polar surface area (TPSA) is 133 Å². The van der Waals surface area contributed by atoms with Crippen LogP contribution in [0.3, 0.4) is 0 Å². The maximum Gasteiger partial charge on any atom is 0.490 e. The van der Waals surface area contributed by atoms with E-state index in [1.165, 1.54) is 24.3 Å². The molecule has 0 aliphatic heterocycles. The van der Waals surface area contributed by atoms with Crippen molar-refractivity contribution < 1.29 is 35.9 Å². The molecule has 9 nitrogen and oxygen atoms in total. The summed E-state index contributed by atoms with van der Waals surface area (Å²) in [7, 11) is -3.54. The van der Waals surface area contributed by atoms with E-state index in [4.69, 9.17) is 31.5 Å². The first-order valence-electron chi connectivity index (χ1n) is 14.8. The highest BCUT2D eigenvalue weighted by Gasteiger charge is 2.38. The number of carboxylic acids is 1. The number of alkyl halides is 3. The number of nitrogens with one attached hydrogen (secondary N) is 3. The van der Waals surface area contributed by atoms with Crippen molar-refractivity contribution in [2.24, 2.45) is 11.8 Å². The number of fused-ring (bicyclic) bond motifs is 1. The molecule has 0 unspecified atom stereocenters. The summed E-state index contributed by atoms with van der Waals surface area (Å²) < 4.78 is 72.9. The Morgan fingerprint density at radius 1 is 0.872 bits per heavy atom. The van der Waals surface area contributed by atoms with Crippen LogP contribution in [-0.2, 0) is 21.2 Å². The predicted octanol–water partition coefficient (Wildman–Crippen LogP) is 6.91. The Kier molecular flexibility index (Phi) is 12.4. The van der Waals surface area contributed by atoms with Gasteiger partial charge in [-0.05, 0) is 98.0 Å². The molecule has 0 bridgehead atoms. The van der Waals surface area contributed by atoms with Gasteiger partial charge >= 0.3 is 12.1 Å². The molecule has 0 radical (unpaired) electrons. The predicted molar refractivity (Wildman–Crippen MR) is 172 cm³/mol. The van der Waals surface area contributed by atoms with Gasteiger partial charge in [0, 0.05) is 30.0 Å². The normalized spacial score (nSPS) is 16.6. The Hall–Kier alpha value is -4.01. The number of benzene rings is 3. The van der Waals surface area contributed by atoms with Gasteiger partial charge in [-0.15, -0.1) is 0 Å². The molecule has 4 N–H and O–H groups in total. The van der Waals surface area contributed by atoms with Crippen LogP contribution in [0.25, 0.3) is 10.9 Å². The van der Waals surface area contributed by atoms with E-state index in [1.54, 1.807) is 24.3 Å². The van der Waals surface area contributed by atoms with Gasteiger partial charge in [-0.2, -0.15) is 18.2 Å². The van der Waals surface area contributed by atoms with Crippen LogP contribution >= 0.6 is 11.6 Å². The molecule has 1 saturated carbocycles. The van der Waals surface area contributed by atoms with Crippen LogP contribution in [0.15, 0.2) is 77.7 Å². The summed E-state index contributed by atoms with van der Waals surface area (Å²) in [6, 6.07) is 20.7. The molecule has 3 aromatic carbocycles. The van der Waals surface area contributed by atoms with Crippen LogP contribution in [0, 0.1) is 17.7 Å². The van der Waals surface area contributed by atoms with Gasteiger partial charge in [-0.25, -0.2) is 27.3 Å². The molecule has 47 heavy (non-hydrogen) atoms. The van der Waals surface area contributed by atoms with Gasteiger partial charge in [0.15, 0.2) is 0 Å². The van der Waals surface area contributed by atoms with Crippen molar-refractivity contribution in [1.29, 1.82) is 0 Å². The van der Waals surface area contributed by atoms with Crippen molar-refractivity contribution in [1.82, 2.24) is 14.7 Å². The molecule has 1 fully saturated rings. The van der Waals surface area contributed by atoms with E-state index in [0.29, 0.717) is 35.9 Å². The third-order valence-electron chi connectivity index (χ3n) is 7.67. The number of halogens is 5. The molecule has 0 amide bonds. The lowest BCUT2D eigenvalue weighted by molar-refractivity contribution is -0.192. The minimum Gasteiger partial charge on any atom is -0.475 e. The lowest BCUT2D eigenvalue weighted by Gasteiger charge is -2.28. The Morgan fingerprint density at radius 3 is 2.09 bits per heavy atom. The number of hydrogen-bond donors (Lipinski definition) is 4. The van der Waals surface area contributed by atoms with E-state index in [1.807, 2.05) is 24.3 Å². The largest absolute Gasteiger partial charge is 0.490 e. The fourth-order valence-corrected chi connectivity index (χ4v) is 6.31. The molecule has 4 aromatic rings. The summed E-state index contributed by atoms with van der Waals surface area (Å²) in [5.74, 6) is -0.858. The van der Waals surface area contributed by atoms with Crippen molar-refractivity contribution >= 4 is 50.3 Å². The SMILES string of the molecule is O=C(O)C(F)(F)F.O=S(=O)(NCC1CCC(CNc2nc(NCCc3ccc(F)cc3)c3ccccc3n2)CC1)c1ccc(Cl)cc1. The van der Waals surface area contributed by atoms with Gasteiger partial charge < -0.3 is 15.7 Å². The highest BCUT2D eigenvalue weighted by molar-refractivity contribution is 7.89. The van der Waals surface area contributed by atoms with E-state index < -0.39 is 22.2 Å². The van der Waals surface area contributed by atoms with Crippen molar-refractivity contribution in [3.05, 3.63) is 89.2 Å². The maximum atomic E-state index is 13.2. The van der Waals surface area contributed by atoms with E-state index in [9.17, 15) is 26.0 Å². The van der Waals surface area contributed by atoms with E-state index in [2.05, 4.69) is 15.4 Å². The molecule has 0 spiro atoms. The summed E-state index contributed by atoms with van der Waals surface area (Å²) in [5, 5.41) is 15.4. The summed E-state index contributed by atoms with van der Waals surface area (Å²) in [6.07, 6.45) is -0.387. The van der Waals surface area contributed by atoms with E-state index in [0.717, 1.165) is 60.9 Å². The molecule has 1 aromatic heterocycles. The van der Waals surface area contributed by atoms with Crippen LogP contribution in [0.4, 0.5) is 29.3 Å². The van der Waals surface area contributed by atoms with Crippen LogP contribution in [0.1, 0.15) is 31.2 Å². The number of para-hydroxylation sites is 1. The molecule has 252 valence electrons. The fourth-order valence-electron chi connectivity index (χ4n) is 5.07. The summed E-state index contributed by atoms with van der Waals surface area (Å²) >= 11 is 5.88. The first-order valence-corrected chi connectivity index (χ1v) is 16.7.